The lowest BCUT2D eigenvalue weighted by atomic mass is 10.0. The number of sulfonamides is 1. The van der Waals surface area contributed by atoms with E-state index in [4.69, 9.17) is 0 Å². The molecule has 1 heterocycles. The Morgan fingerprint density at radius 1 is 0.949 bits per heavy atom. The molecule has 0 spiro atoms. The molecule has 0 aromatic heterocycles. The van der Waals surface area contributed by atoms with Crippen molar-refractivity contribution in [3.63, 3.8) is 0 Å². The summed E-state index contributed by atoms with van der Waals surface area (Å²) in [6, 6.07) is 22.3. The van der Waals surface area contributed by atoms with Gasteiger partial charge in [-0.15, -0.1) is 0 Å². The van der Waals surface area contributed by atoms with Crippen LogP contribution in [-0.4, -0.2) is 54.5 Å². The van der Waals surface area contributed by atoms with E-state index in [2.05, 4.69) is 5.32 Å². The van der Waals surface area contributed by atoms with Gasteiger partial charge in [0.25, 0.3) is 15.9 Å². The zero-order valence-electron chi connectivity index (χ0n) is 22.2. The van der Waals surface area contributed by atoms with Gasteiger partial charge in [0.15, 0.2) is 0 Å². The van der Waals surface area contributed by atoms with E-state index in [0.717, 1.165) is 27.4 Å². The number of carbonyl (C=O) groups excluding carboxylic acids is 3. The molecule has 0 unspecified atom stereocenters. The van der Waals surface area contributed by atoms with Crippen molar-refractivity contribution in [3.8, 4) is 0 Å². The minimum atomic E-state index is -4.05. The summed E-state index contributed by atoms with van der Waals surface area (Å²) in [7, 11) is -4.05. The van der Waals surface area contributed by atoms with Crippen molar-refractivity contribution in [3.05, 3.63) is 101 Å². The number of carbonyl (C=O) groups is 3. The fraction of sp³-hybridized carbons (Fsp3) is 0.300. The second-order valence-corrected chi connectivity index (χ2v) is 11.4. The van der Waals surface area contributed by atoms with Crippen LogP contribution in [0.2, 0.25) is 0 Å². The molecule has 39 heavy (non-hydrogen) atoms. The summed E-state index contributed by atoms with van der Waals surface area (Å²) >= 11 is 0. The molecule has 9 heteroatoms. The van der Waals surface area contributed by atoms with Crippen molar-refractivity contribution < 1.29 is 22.8 Å². The Kier molecular flexibility index (Phi) is 8.81. The Morgan fingerprint density at radius 2 is 1.62 bits per heavy atom. The van der Waals surface area contributed by atoms with E-state index >= 15 is 0 Å². The van der Waals surface area contributed by atoms with E-state index in [1.165, 1.54) is 17.0 Å². The predicted molar refractivity (Wildman–Crippen MR) is 148 cm³/mol. The summed E-state index contributed by atoms with van der Waals surface area (Å²) in [6.45, 7) is 4.22. The van der Waals surface area contributed by atoms with Crippen molar-refractivity contribution in [2.24, 2.45) is 0 Å². The Hall–Kier alpha value is -3.98. The summed E-state index contributed by atoms with van der Waals surface area (Å²) in [5, 5.41) is 2.92. The summed E-state index contributed by atoms with van der Waals surface area (Å²) in [4.78, 5) is 41.6. The molecule has 8 nitrogen and oxygen atoms in total. The van der Waals surface area contributed by atoms with Crippen LogP contribution in [0.4, 0.5) is 0 Å². The maximum atomic E-state index is 13.8. The molecule has 1 aliphatic rings. The van der Waals surface area contributed by atoms with Gasteiger partial charge in [0.2, 0.25) is 11.8 Å². The standard InChI is InChI=1S/C30H33N3O5S/c1-3-18-31-29(35)26(20-23-12-5-4-6-13-23)32(21-24-14-8-7-11-22(24)2)28(34)17-19-33-30(36)25-15-9-10-16-27(25)39(33,37)38/h4-16,26H,3,17-21H2,1-2H3,(H,31,35)/t26-/m1/s1. The molecule has 0 radical (unpaired) electrons. The van der Waals surface area contributed by atoms with E-state index in [1.807, 2.05) is 68.4 Å². The van der Waals surface area contributed by atoms with E-state index < -0.39 is 27.9 Å². The van der Waals surface area contributed by atoms with Crippen molar-refractivity contribution in [2.45, 2.75) is 50.6 Å². The first-order chi connectivity index (χ1) is 18.7. The highest BCUT2D eigenvalue weighted by molar-refractivity contribution is 7.90. The molecule has 4 rings (SSSR count). The highest BCUT2D eigenvalue weighted by atomic mass is 32.2. The van der Waals surface area contributed by atoms with Crippen LogP contribution >= 0.6 is 0 Å². The van der Waals surface area contributed by atoms with E-state index in [-0.39, 0.29) is 35.9 Å². The number of amides is 3. The zero-order valence-corrected chi connectivity index (χ0v) is 23.0. The minimum absolute atomic E-state index is 0.0555. The van der Waals surface area contributed by atoms with Gasteiger partial charge in [-0.25, -0.2) is 12.7 Å². The van der Waals surface area contributed by atoms with Gasteiger partial charge in [-0.05, 0) is 42.2 Å². The first kappa shape index (κ1) is 28.0. The van der Waals surface area contributed by atoms with Gasteiger partial charge < -0.3 is 10.2 Å². The second kappa shape index (κ2) is 12.3. The molecule has 204 valence electrons. The van der Waals surface area contributed by atoms with Crippen LogP contribution in [0.25, 0.3) is 0 Å². The van der Waals surface area contributed by atoms with Gasteiger partial charge in [-0.3, -0.25) is 14.4 Å². The Balaban J connectivity index is 1.63. The Labute approximate surface area is 229 Å². The lowest BCUT2D eigenvalue weighted by molar-refractivity contribution is -0.141. The number of benzene rings is 3. The molecule has 1 atom stereocenters. The van der Waals surface area contributed by atoms with Crippen molar-refractivity contribution in [1.29, 1.82) is 0 Å². The number of fused-ring (bicyclic) bond motifs is 1. The quantitative estimate of drug-likeness (QED) is 0.394. The number of hydrogen-bond donors (Lipinski definition) is 1. The molecule has 0 saturated heterocycles. The van der Waals surface area contributed by atoms with Gasteiger partial charge in [0, 0.05) is 32.5 Å². The molecule has 3 aromatic rings. The fourth-order valence-corrected chi connectivity index (χ4v) is 6.25. The molecule has 0 bridgehead atoms. The third-order valence-electron chi connectivity index (χ3n) is 6.86. The molecule has 1 N–H and O–H groups in total. The normalized spacial score (nSPS) is 14.5. The Morgan fingerprint density at radius 3 is 2.31 bits per heavy atom. The van der Waals surface area contributed by atoms with Crippen molar-refractivity contribution in [2.75, 3.05) is 13.1 Å². The number of nitrogens with zero attached hydrogens (tertiary/aromatic N) is 2. The lowest BCUT2D eigenvalue weighted by Crippen LogP contribution is -2.51. The maximum Gasteiger partial charge on any atom is 0.269 e. The van der Waals surface area contributed by atoms with Crippen molar-refractivity contribution >= 4 is 27.7 Å². The first-order valence-corrected chi connectivity index (χ1v) is 14.5. The van der Waals surface area contributed by atoms with E-state index in [1.54, 1.807) is 12.1 Å². The zero-order chi connectivity index (χ0) is 28.0. The van der Waals surface area contributed by atoms with Crippen molar-refractivity contribution in [1.82, 2.24) is 14.5 Å². The molecule has 0 aliphatic carbocycles. The highest BCUT2D eigenvalue weighted by Gasteiger charge is 2.41. The molecule has 0 saturated carbocycles. The second-order valence-electron chi connectivity index (χ2n) is 9.57. The maximum absolute atomic E-state index is 13.8. The smallest absolute Gasteiger partial charge is 0.269 e. The predicted octanol–water partition coefficient (Wildman–Crippen LogP) is 3.70. The van der Waals surface area contributed by atoms with Crippen LogP contribution in [0.3, 0.4) is 0 Å². The van der Waals surface area contributed by atoms with Gasteiger partial charge in [-0.2, -0.15) is 0 Å². The average Bonchev–Trinajstić information content (AvgIpc) is 3.13. The van der Waals surface area contributed by atoms with Crippen LogP contribution in [0.15, 0.2) is 83.8 Å². The largest absolute Gasteiger partial charge is 0.354 e. The number of aryl methyl sites for hydroxylation is 1. The minimum Gasteiger partial charge on any atom is -0.354 e. The van der Waals surface area contributed by atoms with Gasteiger partial charge in [0.05, 0.1) is 5.56 Å². The van der Waals surface area contributed by atoms with Crippen LogP contribution < -0.4 is 5.32 Å². The third-order valence-corrected chi connectivity index (χ3v) is 8.70. The SMILES string of the molecule is CCCNC(=O)[C@@H](Cc1ccccc1)N(Cc1ccccc1C)C(=O)CCN1C(=O)c2ccccc2S1(=O)=O. The summed E-state index contributed by atoms with van der Waals surface area (Å²) in [5.74, 6) is -1.34. The number of hydrogen-bond acceptors (Lipinski definition) is 5. The topological polar surface area (TPSA) is 104 Å². The van der Waals surface area contributed by atoms with E-state index in [9.17, 15) is 22.8 Å². The first-order valence-electron chi connectivity index (χ1n) is 13.1. The molecule has 0 fully saturated rings. The van der Waals surface area contributed by atoms with E-state index in [0.29, 0.717) is 13.0 Å². The highest BCUT2D eigenvalue weighted by Crippen LogP contribution is 2.30. The monoisotopic (exact) mass is 547 g/mol. The average molecular weight is 548 g/mol. The molecule has 1 aliphatic heterocycles. The molecular formula is C30H33N3O5S. The van der Waals surface area contributed by atoms with Crippen LogP contribution in [0.5, 0.6) is 0 Å². The van der Waals surface area contributed by atoms with Crippen LogP contribution in [0, 0.1) is 6.92 Å². The van der Waals surface area contributed by atoms with Gasteiger partial charge in [-0.1, -0.05) is 73.7 Å². The third kappa shape index (κ3) is 6.20. The summed E-state index contributed by atoms with van der Waals surface area (Å²) in [6.07, 6.45) is 0.780. The van der Waals surface area contributed by atoms with Gasteiger partial charge in [0.1, 0.15) is 10.9 Å². The Bertz CT molecular complexity index is 1460. The van der Waals surface area contributed by atoms with Crippen LogP contribution in [0.1, 0.15) is 46.8 Å². The number of rotatable bonds is 11. The van der Waals surface area contributed by atoms with Crippen LogP contribution in [-0.2, 0) is 32.6 Å². The summed E-state index contributed by atoms with van der Waals surface area (Å²) in [5.41, 5.74) is 2.84. The molecule has 3 aromatic carbocycles. The molecule has 3 amide bonds. The molecular weight excluding hydrogens is 514 g/mol. The van der Waals surface area contributed by atoms with Gasteiger partial charge >= 0.3 is 0 Å². The lowest BCUT2D eigenvalue weighted by Gasteiger charge is -2.32. The fourth-order valence-electron chi connectivity index (χ4n) is 4.68. The summed E-state index contributed by atoms with van der Waals surface area (Å²) < 4.78 is 26.8. The number of nitrogens with one attached hydrogen (secondary N) is 1.